The Morgan fingerprint density at radius 3 is 2.67 bits per heavy atom. The van der Waals surface area contributed by atoms with E-state index in [1.165, 1.54) is 0 Å². The minimum atomic E-state index is 0.260. The molecule has 0 unspecified atom stereocenters. The van der Waals surface area contributed by atoms with Crippen LogP contribution in [0.15, 0.2) is 21.3 Å². The summed E-state index contributed by atoms with van der Waals surface area (Å²) in [4.78, 5) is 0. The summed E-state index contributed by atoms with van der Waals surface area (Å²) in [6.45, 7) is 6.06. The number of aryl methyl sites for hydroxylation is 1. The van der Waals surface area contributed by atoms with E-state index in [1.54, 1.807) is 6.26 Å². The van der Waals surface area contributed by atoms with E-state index in [1.807, 2.05) is 26.8 Å². The van der Waals surface area contributed by atoms with Crippen molar-refractivity contribution in [3.63, 3.8) is 0 Å². The van der Waals surface area contributed by atoms with Crippen LogP contribution in [0.2, 0.25) is 0 Å². The molecule has 0 aliphatic carbocycles. The second-order valence-corrected chi connectivity index (χ2v) is 3.90. The molecule has 2 aromatic heterocycles. The molecule has 2 heterocycles. The molecule has 2 rings (SSSR count). The van der Waals surface area contributed by atoms with Crippen LogP contribution in [0.25, 0.3) is 11.5 Å². The van der Waals surface area contributed by atoms with Gasteiger partial charge in [0.05, 0.1) is 11.8 Å². The number of anilines is 1. The number of nitrogen functional groups attached to an aromatic ring is 1. The lowest BCUT2D eigenvalue weighted by atomic mass is 10.0. The molecule has 0 fully saturated rings. The van der Waals surface area contributed by atoms with Crippen molar-refractivity contribution < 1.29 is 8.94 Å². The molecule has 0 radical (unpaired) electrons. The van der Waals surface area contributed by atoms with Crippen molar-refractivity contribution >= 4 is 5.88 Å². The smallest absolute Gasteiger partial charge is 0.226 e. The van der Waals surface area contributed by atoms with Crippen molar-refractivity contribution in [1.29, 1.82) is 0 Å². The number of aromatic nitrogens is 1. The largest absolute Gasteiger partial charge is 0.462 e. The third kappa shape index (κ3) is 1.52. The monoisotopic (exact) mass is 206 g/mol. The number of furan rings is 1. The standard InChI is InChI=1S/C11H14N2O2/c1-6(2)8-9(13-15-11(8)12)10-7(3)4-5-14-10/h4-6H,12H2,1-3H3. The first-order valence-corrected chi connectivity index (χ1v) is 4.90. The Morgan fingerprint density at radius 1 is 1.40 bits per heavy atom. The molecule has 15 heavy (non-hydrogen) atoms. The van der Waals surface area contributed by atoms with Gasteiger partial charge in [-0.3, -0.25) is 0 Å². The quantitative estimate of drug-likeness (QED) is 0.820. The second-order valence-electron chi connectivity index (χ2n) is 3.90. The predicted octanol–water partition coefficient (Wildman–Crippen LogP) is 2.95. The van der Waals surface area contributed by atoms with E-state index < -0.39 is 0 Å². The Morgan fingerprint density at radius 2 is 2.13 bits per heavy atom. The summed E-state index contributed by atoms with van der Waals surface area (Å²) >= 11 is 0. The first kappa shape index (κ1) is 9.83. The molecule has 0 aliphatic heterocycles. The van der Waals surface area contributed by atoms with Crippen molar-refractivity contribution in [2.45, 2.75) is 26.7 Å². The summed E-state index contributed by atoms with van der Waals surface area (Å²) in [7, 11) is 0. The van der Waals surface area contributed by atoms with Crippen molar-refractivity contribution in [1.82, 2.24) is 5.16 Å². The van der Waals surface area contributed by atoms with Gasteiger partial charge < -0.3 is 14.7 Å². The Balaban J connectivity index is 2.59. The van der Waals surface area contributed by atoms with E-state index in [-0.39, 0.29) is 5.92 Å². The van der Waals surface area contributed by atoms with E-state index in [4.69, 9.17) is 14.7 Å². The fourth-order valence-corrected chi connectivity index (χ4v) is 1.65. The Labute approximate surface area is 88.0 Å². The highest BCUT2D eigenvalue weighted by molar-refractivity contribution is 5.65. The van der Waals surface area contributed by atoms with E-state index in [0.717, 1.165) is 16.9 Å². The van der Waals surface area contributed by atoms with Gasteiger partial charge in [0.2, 0.25) is 5.88 Å². The number of nitrogens with zero attached hydrogens (tertiary/aromatic N) is 1. The van der Waals surface area contributed by atoms with Crippen molar-refractivity contribution in [2.75, 3.05) is 5.73 Å². The van der Waals surface area contributed by atoms with Crippen LogP contribution in [-0.2, 0) is 0 Å². The topological polar surface area (TPSA) is 65.2 Å². The van der Waals surface area contributed by atoms with E-state index >= 15 is 0 Å². The molecule has 2 aromatic rings. The highest BCUT2D eigenvalue weighted by Crippen LogP contribution is 2.34. The summed E-state index contributed by atoms with van der Waals surface area (Å²) in [6, 6.07) is 1.89. The summed E-state index contributed by atoms with van der Waals surface area (Å²) in [6.07, 6.45) is 1.64. The minimum absolute atomic E-state index is 0.260. The molecule has 0 bridgehead atoms. The van der Waals surface area contributed by atoms with Crippen molar-refractivity contribution in [3.05, 3.63) is 23.5 Å². The van der Waals surface area contributed by atoms with Gasteiger partial charge in [-0.1, -0.05) is 19.0 Å². The minimum Gasteiger partial charge on any atom is -0.462 e. The van der Waals surface area contributed by atoms with Gasteiger partial charge in [-0.05, 0) is 24.5 Å². The maximum atomic E-state index is 5.73. The lowest BCUT2D eigenvalue weighted by Gasteiger charge is -2.03. The number of rotatable bonds is 2. The van der Waals surface area contributed by atoms with Crippen molar-refractivity contribution in [2.24, 2.45) is 0 Å². The average Bonchev–Trinajstić information content (AvgIpc) is 2.71. The molecular formula is C11H14N2O2. The molecule has 80 valence electrons. The van der Waals surface area contributed by atoms with Gasteiger partial charge in [0, 0.05) is 0 Å². The van der Waals surface area contributed by atoms with Crippen LogP contribution in [0.3, 0.4) is 0 Å². The Bertz CT molecular complexity index is 469. The Kier molecular flexibility index (Phi) is 2.26. The zero-order valence-electron chi connectivity index (χ0n) is 9.07. The summed E-state index contributed by atoms with van der Waals surface area (Å²) in [5, 5.41) is 3.95. The van der Waals surface area contributed by atoms with Gasteiger partial charge >= 0.3 is 0 Å². The molecule has 0 saturated heterocycles. The van der Waals surface area contributed by atoms with Crippen molar-refractivity contribution in [3.8, 4) is 11.5 Å². The maximum Gasteiger partial charge on any atom is 0.226 e. The van der Waals surface area contributed by atoms with Gasteiger partial charge in [0.15, 0.2) is 11.5 Å². The molecule has 0 aliphatic rings. The van der Waals surface area contributed by atoms with Gasteiger partial charge in [0.1, 0.15) is 0 Å². The number of hydrogen-bond donors (Lipinski definition) is 1. The molecule has 4 heteroatoms. The highest BCUT2D eigenvalue weighted by atomic mass is 16.5. The van der Waals surface area contributed by atoms with Crippen LogP contribution in [0, 0.1) is 6.92 Å². The molecule has 4 nitrogen and oxygen atoms in total. The summed E-state index contributed by atoms with van der Waals surface area (Å²) in [5.41, 5.74) is 8.38. The van der Waals surface area contributed by atoms with Gasteiger partial charge in [0.25, 0.3) is 0 Å². The van der Waals surface area contributed by atoms with Gasteiger partial charge in [-0.2, -0.15) is 0 Å². The normalized spacial score (nSPS) is 11.2. The van der Waals surface area contributed by atoms with E-state index in [9.17, 15) is 0 Å². The highest BCUT2D eigenvalue weighted by Gasteiger charge is 2.21. The second kappa shape index (κ2) is 3.46. The fraction of sp³-hybridized carbons (Fsp3) is 0.364. The van der Waals surface area contributed by atoms with Crippen LogP contribution < -0.4 is 5.73 Å². The van der Waals surface area contributed by atoms with E-state index in [0.29, 0.717) is 11.6 Å². The van der Waals surface area contributed by atoms with Crippen LogP contribution in [-0.4, -0.2) is 5.16 Å². The lowest BCUT2D eigenvalue weighted by molar-refractivity contribution is 0.435. The predicted molar refractivity (Wildman–Crippen MR) is 57.4 cm³/mol. The van der Waals surface area contributed by atoms with Crippen LogP contribution in [0.4, 0.5) is 5.88 Å². The third-order valence-electron chi connectivity index (χ3n) is 2.41. The molecular weight excluding hydrogens is 192 g/mol. The first-order valence-electron chi connectivity index (χ1n) is 4.90. The van der Waals surface area contributed by atoms with Crippen LogP contribution in [0.1, 0.15) is 30.9 Å². The van der Waals surface area contributed by atoms with Gasteiger partial charge in [-0.25, -0.2) is 0 Å². The molecule has 0 aromatic carbocycles. The zero-order chi connectivity index (χ0) is 11.0. The lowest BCUT2D eigenvalue weighted by Crippen LogP contribution is -1.94. The molecule has 2 N–H and O–H groups in total. The van der Waals surface area contributed by atoms with Gasteiger partial charge in [-0.15, -0.1) is 0 Å². The summed E-state index contributed by atoms with van der Waals surface area (Å²) < 4.78 is 10.4. The fourth-order valence-electron chi connectivity index (χ4n) is 1.65. The van der Waals surface area contributed by atoms with Crippen LogP contribution in [0.5, 0.6) is 0 Å². The SMILES string of the molecule is Cc1ccoc1-c1noc(N)c1C(C)C. The van der Waals surface area contributed by atoms with E-state index in [2.05, 4.69) is 5.16 Å². The summed E-state index contributed by atoms with van der Waals surface area (Å²) in [5.74, 6) is 1.37. The average molecular weight is 206 g/mol. The molecule has 0 spiro atoms. The molecule has 0 amide bonds. The third-order valence-corrected chi connectivity index (χ3v) is 2.41. The molecule has 0 saturated carbocycles. The number of nitrogens with two attached hydrogens (primary N) is 1. The molecule has 0 atom stereocenters. The maximum absolute atomic E-state index is 5.73. The van der Waals surface area contributed by atoms with Crippen LogP contribution >= 0.6 is 0 Å². The zero-order valence-corrected chi connectivity index (χ0v) is 9.07. The first-order chi connectivity index (χ1) is 7.11. The number of hydrogen-bond acceptors (Lipinski definition) is 4. The Hall–Kier alpha value is -1.71.